The molecule has 2 rings (SSSR count). The SMILES string of the molecule is Cn1ccnc1CC(C)(N)c1ccccc1. The molecule has 1 aromatic carbocycles. The van der Waals surface area contributed by atoms with Gasteiger partial charge in [0.15, 0.2) is 0 Å². The third-order valence-corrected chi connectivity index (χ3v) is 2.88. The Labute approximate surface area is 95.9 Å². The van der Waals surface area contributed by atoms with Gasteiger partial charge in [-0.1, -0.05) is 30.3 Å². The van der Waals surface area contributed by atoms with Crippen LogP contribution in [-0.2, 0) is 19.0 Å². The van der Waals surface area contributed by atoms with E-state index in [1.54, 1.807) is 6.20 Å². The van der Waals surface area contributed by atoms with Gasteiger partial charge in [0.1, 0.15) is 5.82 Å². The summed E-state index contributed by atoms with van der Waals surface area (Å²) >= 11 is 0. The Bertz CT molecular complexity index is 457. The largest absolute Gasteiger partial charge is 0.338 e. The normalized spacial score (nSPS) is 14.7. The zero-order valence-corrected chi connectivity index (χ0v) is 9.72. The van der Waals surface area contributed by atoms with Crippen molar-refractivity contribution in [3.05, 3.63) is 54.1 Å². The second kappa shape index (κ2) is 4.10. The average Bonchev–Trinajstić information content (AvgIpc) is 2.65. The highest BCUT2D eigenvalue weighted by molar-refractivity contribution is 5.24. The van der Waals surface area contributed by atoms with Crippen LogP contribution >= 0.6 is 0 Å². The highest BCUT2D eigenvalue weighted by Gasteiger charge is 2.23. The van der Waals surface area contributed by atoms with E-state index in [4.69, 9.17) is 5.73 Å². The average molecular weight is 215 g/mol. The summed E-state index contributed by atoms with van der Waals surface area (Å²) in [5.41, 5.74) is 7.11. The molecule has 1 aromatic heterocycles. The van der Waals surface area contributed by atoms with Gasteiger partial charge in [-0.05, 0) is 12.5 Å². The first-order valence-corrected chi connectivity index (χ1v) is 5.40. The maximum Gasteiger partial charge on any atom is 0.110 e. The van der Waals surface area contributed by atoms with E-state index in [1.807, 2.05) is 42.9 Å². The van der Waals surface area contributed by atoms with Crippen LogP contribution in [0.4, 0.5) is 0 Å². The molecule has 1 atom stereocenters. The minimum absolute atomic E-state index is 0.375. The van der Waals surface area contributed by atoms with Crippen LogP contribution in [0, 0.1) is 0 Å². The molecule has 0 saturated carbocycles. The molecule has 0 aliphatic heterocycles. The van der Waals surface area contributed by atoms with Crippen molar-refractivity contribution < 1.29 is 0 Å². The molecule has 1 heterocycles. The van der Waals surface area contributed by atoms with Crippen molar-refractivity contribution in [2.75, 3.05) is 0 Å². The Morgan fingerprint density at radius 1 is 1.31 bits per heavy atom. The second-order valence-corrected chi connectivity index (χ2v) is 4.41. The van der Waals surface area contributed by atoms with Gasteiger partial charge in [-0.2, -0.15) is 0 Å². The van der Waals surface area contributed by atoms with Gasteiger partial charge in [-0.15, -0.1) is 0 Å². The molecule has 2 aromatic rings. The third kappa shape index (κ3) is 2.14. The fraction of sp³-hybridized carbons (Fsp3) is 0.308. The molecule has 0 aliphatic rings. The van der Waals surface area contributed by atoms with Gasteiger partial charge in [-0.3, -0.25) is 0 Å². The van der Waals surface area contributed by atoms with Crippen molar-refractivity contribution >= 4 is 0 Å². The second-order valence-electron chi connectivity index (χ2n) is 4.41. The molecule has 0 saturated heterocycles. The number of nitrogens with two attached hydrogens (primary N) is 1. The van der Waals surface area contributed by atoms with Crippen LogP contribution < -0.4 is 5.73 Å². The monoisotopic (exact) mass is 215 g/mol. The highest BCUT2D eigenvalue weighted by Crippen LogP contribution is 2.21. The van der Waals surface area contributed by atoms with Crippen molar-refractivity contribution in [2.45, 2.75) is 18.9 Å². The van der Waals surface area contributed by atoms with Gasteiger partial charge in [0.2, 0.25) is 0 Å². The Morgan fingerprint density at radius 2 is 2.00 bits per heavy atom. The predicted molar refractivity (Wildman–Crippen MR) is 64.9 cm³/mol. The Balaban J connectivity index is 2.24. The van der Waals surface area contributed by atoms with Crippen LogP contribution in [0.15, 0.2) is 42.7 Å². The lowest BCUT2D eigenvalue weighted by atomic mass is 9.89. The van der Waals surface area contributed by atoms with Crippen LogP contribution in [0.2, 0.25) is 0 Å². The summed E-state index contributed by atoms with van der Waals surface area (Å²) in [6, 6.07) is 10.1. The van der Waals surface area contributed by atoms with Gasteiger partial charge < -0.3 is 10.3 Å². The van der Waals surface area contributed by atoms with Crippen molar-refractivity contribution in [3.63, 3.8) is 0 Å². The van der Waals surface area contributed by atoms with Crippen LogP contribution in [0.1, 0.15) is 18.3 Å². The van der Waals surface area contributed by atoms with E-state index in [1.165, 1.54) is 0 Å². The van der Waals surface area contributed by atoms with Gasteiger partial charge in [0, 0.05) is 31.4 Å². The lowest BCUT2D eigenvalue weighted by Gasteiger charge is -2.24. The zero-order chi connectivity index (χ0) is 11.6. The van der Waals surface area contributed by atoms with Crippen LogP contribution in [0.25, 0.3) is 0 Å². The molecule has 0 radical (unpaired) electrons. The van der Waals surface area contributed by atoms with E-state index in [-0.39, 0.29) is 5.54 Å². The van der Waals surface area contributed by atoms with Crippen LogP contribution in [0.5, 0.6) is 0 Å². The molecule has 0 amide bonds. The van der Waals surface area contributed by atoms with E-state index in [9.17, 15) is 0 Å². The summed E-state index contributed by atoms with van der Waals surface area (Å²) in [6.07, 6.45) is 4.48. The molecule has 0 bridgehead atoms. The van der Waals surface area contributed by atoms with Gasteiger partial charge >= 0.3 is 0 Å². The first-order chi connectivity index (χ1) is 7.59. The lowest BCUT2D eigenvalue weighted by Crippen LogP contribution is -2.36. The molecule has 16 heavy (non-hydrogen) atoms. The fourth-order valence-electron chi connectivity index (χ4n) is 1.82. The standard InChI is InChI=1S/C13H17N3/c1-13(14,11-6-4-3-5-7-11)10-12-15-8-9-16(12)2/h3-9H,10,14H2,1-2H3. The maximum absolute atomic E-state index is 6.34. The van der Waals surface area contributed by atoms with E-state index in [0.29, 0.717) is 0 Å². The number of nitrogens with zero attached hydrogens (tertiary/aromatic N) is 2. The number of hydrogen-bond donors (Lipinski definition) is 1. The molecule has 84 valence electrons. The quantitative estimate of drug-likeness (QED) is 0.849. The smallest absolute Gasteiger partial charge is 0.110 e. The summed E-state index contributed by atoms with van der Waals surface area (Å²) in [5, 5.41) is 0. The fourth-order valence-corrected chi connectivity index (χ4v) is 1.82. The van der Waals surface area contributed by atoms with Crippen molar-refractivity contribution in [2.24, 2.45) is 12.8 Å². The molecule has 0 spiro atoms. The molecule has 2 N–H and O–H groups in total. The lowest BCUT2D eigenvalue weighted by molar-refractivity contribution is 0.470. The molecule has 0 aliphatic carbocycles. The van der Waals surface area contributed by atoms with Crippen molar-refractivity contribution in [3.8, 4) is 0 Å². The number of benzene rings is 1. The van der Waals surface area contributed by atoms with Crippen LogP contribution in [-0.4, -0.2) is 9.55 Å². The first kappa shape index (κ1) is 10.9. The third-order valence-electron chi connectivity index (χ3n) is 2.88. The van der Waals surface area contributed by atoms with E-state index in [0.717, 1.165) is 17.8 Å². The van der Waals surface area contributed by atoms with E-state index < -0.39 is 0 Å². The first-order valence-electron chi connectivity index (χ1n) is 5.40. The Morgan fingerprint density at radius 3 is 2.56 bits per heavy atom. The number of imidazole rings is 1. The summed E-state index contributed by atoms with van der Waals surface area (Å²) in [4.78, 5) is 4.31. The molecule has 3 nitrogen and oxygen atoms in total. The summed E-state index contributed by atoms with van der Waals surface area (Å²) in [6.45, 7) is 2.04. The Hall–Kier alpha value is -1.61. The predicted octanol–water partition coefficient (Wildman–Crippen LogP) is 1.84. The molecule has 1 unspecified atom stereocenters. The van der Waals surface area contributed by atoms with Crippen molar-refractivity contribution in [1.29, 1.82) is 0 Å². The number of aromatic nitrogens is 2. The van der Waals surface area contributed by atoms with Gasteiger partial charge in [0.05, 0.1) is 0 Å². The number of hydrogen-bond acceptors (Lipinski definition) is 2. The number of aryl methyl sites for hydroxylation is 1. The molecular weight excluding hydrogens is 198 g/mol. The summed E-state index contributed by atoms with van der Waals surface area (Å²) < 4.78 is 2.01. The van der Waals surface area contributed by atoms with Gasteiger partial charge in [0.25, 0.3) is 0 Å². The van der Waals surface area contributed by atoms with E-state index >= 15 is 0 Å². The maximum atomic E-state index is 6.34. The van der Waals surface area contributed by atoms with Crippen LogP contribution in [0.3, 0.4) is 0 Å². The highest BCUT2D eigenvalue weighted by atomic mass is 15.0. The van der Waals surface area contributed by atoms with E-state index in [2.05, 4.69) is 17.1 Å². The topological polar surface area (TPSA) is 43.8 Å². The molecular formula is C13H17N3. The molecule has 3 heteroatoms. The Kier molecular flexibility index (Phi) is 2.79. The summed E-state index contributed by atoms with van der Waals surface area (Å²) in [5.74, 6) is 1.01. The van der Waals surface area contributed by atoms with Crippen molar-refractivity contribution in [1.82, 2.24) is 9.55 Å². The minimum Gasteiger partial charge on any atom is -0.338 e. The molecule has 0 fully saturated rings. The summed E-state index contributed by atoms with van der Waals surface area (Å²) in [7, 11) is 1.99. The van der Waals surface area contributed by atoms with Gasteiger partial charge in [-0.25, -0.2) is 4.98 Å². The minimum atomic E-state index is -0.375. The number of rotatable bonds is 3. The zero-order valence-electron chi connectivity index (χ0n) is 9.72.